The number of nitrogens with zero attached hydrogens (tertiary/aromatic N) is 1. The van der Waals surface area contributed by atoms with E-state index >= 15 is 0 Å². The van der Waals surface area contributed by atoms with Crippen molar-refractivity contribution in [2.24, 2.45) is 11.8 Å². The molecule has 0 spiro atoms. The Morgan fingerprint density at radius 2 is 1.96 bits per heavy atom. The highest BCUT2D eigenvalue weighted by Gasteiger charge is 2.30. The summed E-state index contributed by atoms with van der Waals surface area (Å²) in [7, 11) is 0. The van der Waals surface area contributed by atoms with Gasteiger partial charge in [-0.3, -0.25) is 0 Å². The van der Waals surface area contributed by atoms with Crippen LogP contribution in [0.25, 0.3) is 0 Å². The van der Waals surface area contributed by atoms with Crippen molar-refractivity contribution < 1.29 is 5.11 Å². The number of hydrogen-bond acceptors (Lipinski definition) is 2. The summed E-state index contributed by atoms with van der Waals surface area (Å²) in [6.45, 7) is 4.44. The van der Waals surface area contributed by atoms with Crippen LogP contribution in [0.5, 0.6) is 0 Å². The fourth-order valence-electron chi connectivity index (χ4n) is 4.93. The lowest BCUT2D eigenvalue weighted by Crippen LogP contribution is -2.20. The topological polar surface area (TPSA) is 48.9 Å². The van der Waals surface area contributed by atoms with Crippen molar-refractivity contribution in [1.82, 2.24) is 9.97 Å². The average Bonchev–Trinajstić information content (AvgIpc) is 3.16. The number of aromatic amines is 1. The summed E-state index contributed by atoms with van der Waals surface area (Å²) in [5, 5.41) is 10.5. The number of aryl methyl sites for hydroxylation is 1. The monoisotopic (exact) mass is 364 g/mol. The predicted molar refractivity (Wildman–Crippen MR) is 110 cm³/mol. The number of aliphatic hydroxyl groups excluding tert-OH is 1. The van der Waals surface area contributed by atoms with E-state index in [1.807, 2.05) is 6.20 Å². The van der Waals surface area contributed by atoms with Gasteiger partial charge in [-0.05, 0) is 93.4 Å². The standard InChI is InChI=1S/C24H32N2O/c1-16-5-3-8-21(17(16)2)22(23-14-25-15-26-23)13-18-9-11-20(12-10-18)24(27)19-6-4-7-19/h3,5,8,14-15,18,20,22,27H,4,6-7,9-13H2,1-2H3,(H,25,26). The second kappa shape index (κ2) is 7.92. The van der Waals surface area contributed by atoms with Gasteiger partial charge in [0.15, 0.2) is 0 Å². The maximum Gasteiger partial charge on any atom is 0.0945 e. The van der Waals surface area contributed by atoms with Gasteiger partial charge in [-0.1, -0.05) is 18.2 Å². The van der Waals surface area contributed by atoms with Crippen LogP contribution < -0.4 is 0 Å². The van der Waals surface area contributed by atoms with E-state index in [0.717, 1.165) is 37.9 Å². The normalized spacial score (nSPS) is 23.7. The molecule has 0 bridgehead atoms. The predicted octanol–water partition coefficient (Wildman–Crippen LogP) is 6.35. The summed E-state index contributed by atoms with van der Waals surface area (Å²) < 4.78 is 0. The van der Waals surface area contributed by atoms with E-state index in [1.54, 1.807) is 6.33 Å². The Labute approximate surface area is 162 Å². The molecule has 144 valence electrons. The molecule has 0 saturated heterocycles. The fraction of sp³-hybridized carbons (Fsp3) is 0.542. The molecule has 1 aromatic heterocycles. The van der Waals surface area contributed by atoms with Gasteiger partial charge < -0.3 is 10.1 Å². The Morgan fingerprint density at radius 1 is 1.19 bits per heavy atom. The molecule has 4 rings (SSSR count). The summed E-state index contributed by atoms with van der Waals surface area (Å²) in [6.07, 6.45) is 13.2. The van der Waals surface area contributed by atoms with Crippen LogP contribution in [-0.2, 0) is 0 Å². The van der Waals surface area contributed by atoms with Gasteiger partial charge in [-0.25, -0.2) is 4.98 Å². The minimum atomic E-state index is 0.382. The minimum Gasteiger partial charge on any atom is -0.512 e. The van der Waals surface area contributed by atoms with Crippen LogP contribution in [0.1, 0.15) is 79.7 Å². The quantitative estimate of drug-likeness (QED) is 0.607. The van der Waals surface area contributed by atoms with Gasteiger partial charge in [-0.2, -0.15) is 0 Å². The number of allylic oxidation sites excluding steroid dienone is 2. The first-order chi connectivity index (χ1) is 13.1. The number of rotatable bonds is 5. The maximum atomic E-state index is 10.5. The molecule has 2 aromatic rings. The Kier molecular flexibility index (Phi) is 5.38. The van der Waals surface area contributed by atoms with Crippen molar-refractivity contribution in [3.63, 3.8) is 0 Å². The Morgan fingerprint density at radius 3 is 2.59 bits per heavy atom. The number of nitrogens with one attached hydrogen (secondary N) is 1. The Bertz CT molecular complexity index is 792. The lowest BCUT2D eigenvalue weighted by Gasteiger charge is -2.33. The van der Waals surface area contributed by atoms with Crippen LogP contribution >= 0.6 is 0 Å². The van der Waals surface area contributed by atoms with Crippen molar-refractivity contribution in [3.8, 4) is 0 Å². The molecule has 3 nitrogen and oxygen atoms in total. The van der Waals surface area contributed by atoms with Gasteiger partial charge in [0, 0.05) is 23.7 Å². The van der Waals surface area contributed by atoms with Gasteiger partial charge >= 0.3 is 0 Å². The van der Waals surface area contributed by atoms with Crippen LogP contribution in [0.15, 0.2) is 42.1 Å². The van der Waals surface area contributed by atoms with E-state index in [-0.39, 0.29) is 0 Å². The number of hydrogen-bond donors (Lipinski definition) is 2. The molecule has 2 saturated carbocycles. The number of aromatic nitrogens is 2. The first-order valence-electron chi connectivity index (χ1n) is 10.6. The minimum absolute atomic E-state index is 0.382. The number of imidazole rings is 1. The largest absolute Gasteiger partial charge is 0.512 e. The number of H-pyrrole nitrogens is 1. The molecule has 2 aliphatic carbocycles. The SMILES string of the molecule is Cc1cccc(C(CC2CCC(C(O)=C3CCC3)CC2)c2cnc[nH]2)c1C. The molecule has 2 fully saturated rings. The van der Waals surface area contributed by atoms with Gasteiger partial charge in [0.2, 0.25) is 0 Å². The fourth-order valence-corrected chi connectivity index (χ4v) is 4.93. The van der Waals surface area contributed by atoms with Crippen molar-refractivity contribution in [3.05, 3.63) is 64.4 Å². The van der Waals surface area contributed by atoms with Gasteiger partial charge in [0.25, 0.3) is 0 Å². The summed E-state index contributed by atoms with van der Waals surface area (Å²) in [4.78, 5) is 7.66. The number of aliphatic hydroxyl groups is 1. The van der Waals surface area contributed by atoms with Crippen LogP contribution in [0.3, 0.4) is 0 Å². The summed E-state index contributed by atoms with van der Waals surface area (Å²) >= 11 is 0. The first-order valence-corrected chi connectivity index (χ1v) is 10.6. The molecule has 3 heteroatoms. The number of benzene rings is 1. The van der Waals surface area contributed by atoms with Crippen molar-refractivity contribution in [2.45, 2.75) is 71.1 Å². The molecule has 0 amide bonds. The maximum absolute atomic E-state index is 10.5. The zero-order valence-corrected chi connectivity index (χ0v) is 16.7. The molecular weight excluding hydrogens is 332 g/mol. The van der Waals surface area contributed by atoms with Crippen LogP contribution in [0.4, 0.5) is 0 Å². The third kappa shape index (κ3) is 3.83. The second-order valence-electron chi connectivity index (χ2n) is 8.64. The average molecular weight is 365 g/mol. The van der Waals surface area contributed by atoms with Crippen LogP contribution in [0.2, 0.25) is 0 Å². The highest BCUT2D eigenvalue weighted by Crippen LogP contribution is 2.42. The molecular formula is C24H32N2O. The second-order valence-corrected chi connectivity index (χ2v) is 8.64. The molecule has 0 radical (unpaired) electrons. The lowest BCUT2D eigenvalue weighted by atomic mass is 9.73. The van der Waals surface area contributed by atoms with Crippen molar-refractivity contribution in [1.29, 1.82) is 0 Å². The smallest absolute Gasteiger partial charge is 0.0945 e. The molecule has 27 heavy (non-hydrogen) atoms. The van der Waals surface area contributed by atoms with Gasteiger partial charge in [0.1, 0.15) is 0 Å². The third-order valence-corrected chi connectivity index (χ3v) is 7.04. The highest BCUT2D eigenvalue weighted by atomic mass is 16.3. The van der Waals surface area contributed by atoms with E-state index < -0.39 is 0 Å². The molecule has 1 aromatic carbocycles. The summed E-state index contributed by atoms with van der Waals surface area (Å²) in [6, 6.07) is 6.66. The molecule has 2 N–H and O–H groups in total. The van der Waals surface area contributed by atoms with E-state index in [9.17, 15) is 5.11 Å². The van der Waals surface area contributed by atoms with Crippen molar-refractivity contribution in [2.75, 3.05) is 0 Å². The molecule has 1 unspecified atom stereocenters. The first kappa shape index (κ1) is 18.3. The zero-order valence-electron chi connectivity index (χ0n) is 16.7. The Balaban J connectivity index is 1.48. The highest BCUT2D eigenvalue weighted by molar-refractivity contribution is 5.39. The summed E-state index contributed by atoms with van der Waals surface area (Å²) in [5.41, 5.74) is 6.76. The lowest BCUT2D eigenvalue weighted by molar-refractivity contribution is 0.217. The van der Waals surface area contributed by atoms with E-state index in [1.165, 1.54) is 47.2 Å². The van der Waals surface area contributed by atoms with Gasteiger partial charge in [-0.15, -0.1) is 0 Å². The van der Waals surface area contributed by atoms with E-state index in [0.29, 0.717) is 17.8 Å². The summed E-state index contributed by atoms with van der Waals surface area (Å²) in [5.74, 6) is 2.27. The third-order valence-electron chi connectivity index (χ3n) is 7.04. The Hall–Kier alpha value is -2.03. The van der Waals surface area contributed by atoms with E-state index in [4.69, 9.17) is 0 Å². The van der Waals surface area contributed by atoms with Crippen LogP contribution in [-0.4, -0.2) is 15.1 Å². The molecule has 0 aliphatic heterocycles. The van der Waals surface area contributed by atoms with Crippen LogP contribution in [0, 0.1) is 25.7 Å². The molecule has 1 heterocycles. The van der Waals surface area contributed by atoms with Gasteiger partial charge in [0.05, 0.1) is 12.1 Å². The molecule has 2 aliphatic rings. The van der Waals surface area contributed by atoms with E-state index in [2.05, 4.69) is 42.0 Å². The zero-order chi connectivity index (χ0) is 18.8. The molecule has 1 atom stereocenters. The van der Waals surface area contributed by atoms with Crippen molar-refractivity contribution >= 4 is 0 Å².